The summed E-state index contributed by atoms with van der Waals surface area (Å²) in [4.78, 5) is 20.7. The van der Waals surface area contributed by atoms with Gasteiger partial charge in [0.15, 0.2) is 0 Å². The summed E-state index contributed by atoms with van der Waals surface area (Å²) < 4.78 is 9.57. The minimum Gasteiger partial charge on any atom is -0.449 e. The molecule has 1 fully saturated rings. The lowest BCUT2D eigenvalue weighted by atomic mass is 10.0. The Morgan fingerprint density at radius 3 is 2.59 bits per heavy atom. The second kappa shape index (κ2) is 9.58. The van der Waals surface area contributed by atoms with Gasteiger partial charge in [-0.25, -0.2) is 14.8 Å². The minimum atomic E-state index is -1.32. The monoisotopic (exact) mass is 492 g/mol. The van der Waals surface area contributed by atoms with Crippen molar-refractivity contribution in [3.63, 3.8) is 0 Å². The zero-order chi connectivity index (χ0) is 25.4. The maximum atomic E-state index is 11.1. The van der Waals surface area contributed by atoms with Crippen LogP contribution in [-0.4, -0.2) is 30.4 Å². The average Bonchev–Trinajstić information content (AvgIpc) is 3.53. The number of benzene rings is 3. The fourth-order valence-corrected chi connectivity index (χ4v) is 4.95. The molecule has 5 aromatic rings. The van der Waals surface area contributed by atoms with Gasteiger partial charge in [0.05, 0.1) is 11.0 Å². The number of hydrogen-bond donors (Lipinski definition) is 1. The molecule has 0 spiro atoms. The number of aromatic nitrogens is 4. The summed E-state index contributed by atoms with van der Waals surface area (Å²) in [6.07, 6.45) is 7.00. The predicted molar refractivity (Wildman–Crippen MR) is 143 cm³/mol. The molecular formula is C30H28N4O3. The van der Waals surface area contributed by atoms with Gasteiger partial charge in [-0.15, -0.1) is 0 Å². The second-order valence-corrected chi connectivity index (χ2v) is 9.52. The van der Waals surface area contributed by atoms with Crippen molar-refractivity contribution in [1.82, 2.24) is 19.1 Å². The van der Waals surface area contributed by atoms with Gasteiger partial charge in [-0.2, -0.15) is 0 Å². The number of fused-ring (bicyclic) bond motifs is 1. The van der Waals surface area contributed by atoms with Gasteiger partial charge in [0.1, 0.15) is 17.4 Å². The predicted octanol–water partition coefficient (Wildman–Crippen LogP) is 6.96. The quantitative estimate of drug-likeness (QED) is 0.187. The van der Waals surface area contributed by atoms with Crippen LogP contribution in [0.4, 0.5) is 4.79 Å². The molecule has 186 valence electrons. The second-order valence-electron chi connectivity index (χ2n) is 9.52. The largest absolute Gasteiger partial charge is 0.511 e. The molecule has 0 bridgehead atoms. The molecule has 2 aromatic heterocycles. The lowest BCUT2D eigenvalue weighted by Crippen LogP contribution is -2.06. The molecule has 0 saturated heterocycles. The highest BCUT2D eigenvalue weighted by Crippen LogP contribution is 2.38. The van der Waals surface area contributed by atoms with Crippen LogP contribution in [0.5, 0.6) is 5.75 Å². The van der Waals surface area contributed by atoms with Crippen molar-refractivity contribution in [3.05, 3.63) is 90.5 Å². The molecule has 37 heavy (non-hydrogen) atoms. The topological polar surface area (TPSA) is 82.2 Å². The normalized spacial score (nSPS) is 13.2. The molecule has 7 nitrogen and oxygen atoms in total. The van der Waals surface area contributed by atoms with Crippen LogP contribution in [0.2, 0.25) is 0 Å². The molecule has 0 aliphatic heterocycles. The standard InChI is InChI=1S/C30H28N4O3/c1-2-5-28-32-25-15-12-22(29-31-16-17-33(29)23-13-14-23)18-26(25)34(28)19-20-8-10-21(11-9-20)24-6-3-4-7-27(24)37-30(35)36/h3-4,6-12,15-18,23H,2,5,13-14,19H2,1H3,(H,35,36). The summed E-state index contributed by atoms with van der Waals surface area (Å²) in [5.41, 5.74) is 6.00. The third-order valence-corrected chi connectivity index (χ3v) is 6.86. The van der Waals surface area contributed by atoms with E-state index in [1.54, 1.807) is 12.1 Å². The van der Waals surface area contributed by atoms with Crippen LogP contribution in [0.3, 0.4) is 0 Å². The summed E-state index contributed by atoms with van der Waals surface area (Å²) in [6.45, 7) is 2.87. The van der Waals surface area contributed by atoms with Crippen LogP contribution in [0, 0.1) is 0 Å². The maximum absolute atomic E-state index is 11.1. The highest BCUT2D eigenvalue weighted by atomic mass is 16.7. The highest BCUT2D eigenvalue weighted by molar-refractivity contribution is 5.82. The number of hydrogen-bond acceptors (Lipinski definition) is 4. The van der Waals surface area contributed by atoms with Crippen molar-refractivity contribution >= 4 is 17.2 Å². The van der Waals surface area contributed by atoms with Gasteiger partial charge in [0, 0.05) is 42.5 Å². The van der Waals surface area contributed by atoms with E-state index in [0.29, 0.717) is 18.3 Å². The smallest absolute Gasteiger partial charge is 0.449 e. The van der Waals surface area contributed by atoms with Gasteiger partial charge in [-0.3, -0.25) is 0 Å². The van der Waals surface area contributed by atoms with E-state index in [4.69, 9.17) is 14.8 Å². The number of aryl methyl sites for hydroxylation is 1. The number of nitrogens with zero attached hydrogens (tertiary/aromatic N) is 4. The van der Waals surface area contributed by atoms with Gasteiger partial charge < -0.3 is 19.0 Å². The molecule has 6 rings (SSSR count). The summed E-state index contributed by atoms with van der Waals surface area (Å²) in [7, 11) is 0. The molecule has 3 aromatic carbocycles. The van der Waals surface area contributed by atoms with Gasteiger partial charge >= 0.3 is 6.16 Å². The Labute approximate surface area is 215 Å². The summed E-state index contributed by atoms with van der Waals surface area (Å²) in [5, 5.41) is 9.07. The van der Waals surface area contributed by atoms with E-state index in [1.807, 2.05) is 30.5 Å². The average molecular weight is 493 g/mol. The summed E-state index contributed by atoms with van der Waals surface area (Å²) in [6, 6.07) is 22.4. The molecule has 0 atom stereocenters. The number of carboxylic acid groups (broad SMARTS) is 1. The zero-order valence-corrected chi connectivity index (χ0v) is 20.7. The lowest BCUT2D eigenvalue weighted by Gasteiger charge is -2.12. The Morgan fingerprint density at radius 1 is 1.05 bits per heavy atom. The van der Waals surface area contributed by atoms with Gasteiger partial charge in [-0.05, 0) is 54.7 Å². The van der Waals surface area contributed by atoms with Crippen molar-refractivity contribution < 1.29 is 14.6 Å². The van der Waals surface area contributed by atoms with E-state index in [2.05, 4.69) is 57.6 Å². The fraction of sp³-hybridized carbons (Fsp3) is 0.233. The summed E-state index contributed by atoms with van der Waals surface area (Å²) >= 11 is 0. The van der Waals surface area contributed by atoms with Crippen LogP contribution in [-0.2, 0) is 13.0 Å². The van der Waals surface area contributed by atoms with Crippen LogP contribution >= 0.6 is 0 Å². The van der Waals surface area contributed by atoms with Crippen LogP contribution in [0.15, 0.2) is 79.1 Å². The lowest BCUT2D eigenvalue weighted by molar-refractivity contribution is 0.144. The number of carbonyl (C=O) groups is 1. The van der Waals surface area contributed by atoms with Crippen LogP contribution in [0.1, 0.15) is 43.6 Å². The Morgan fingerprint density at radius 2 is 1.84 bits per heavy atom. The molecule has 0 radical (unpaired) electrons. The molecule has 0 amide bonds. The first kappa shape index (κ1) is 23.0. The molecule has 7 heteroatoms. The van der Waals surface area contributed by atoms with E-state index in [1.165, 1.54) is 12.8 Å². The molecule has 0 unspecified atom stereocenters. The Balaban J connectivity index is 1.34. The third kappa shape index (κ3) is 4.60. The Bertz CT molecular complexity index is 1580. The fourth-order valence-electron chi connectivity index (χ4n) is 4.95. The minimum absolute atomic E-state index is 0.325. The first-order chi connectivity index (χ1) is 18.1. The van der Waals surface area contributed by atoms with E-state index >= 15 is 0 Å². The molecule has 1 aliphatic rings. The van der Waals surface area contributed by atoms with Crippen molar-refractivity contribution in [2.24, 2.45) is 0 Å². The molecular weight excluding hydrogens is 464 g/mol. The molecule has 2 heterocycles. The van der Waals surface area contributed by atoms with E-state index in [9.17, 15) is 4.79 Å². The third-order valence-electron chi connectivity index (χ3n) is 6.86. The van der Waals surface area contributed by atoms with Crippen molar-refractivity contribution in [1.29, 1.82) is 0 Å². The van der Waals surface area contributed by atoms with E-state index < -0.39 is 6.16 Å². The molecule has 1 saturated carbocycles. The number of para-hydroxylation sites is 1. The Hall–Kier alpha value is -4.39. The summed E-state index contributed by atoms with van der Waals surface area (Å²) in [5.74, 6) is 2.41. The first-order valence-corrected chi connectivity index (χ1v) is 12.7. The number of imidazole rings is 2. The van der Waals surface area contributed by atoms with Gasteiger partial charge in [0.25, 0.3) is 0 Å². The van der Waals surface area contributed by atoms with Gasteiger partial charge in [-0.1, -0.05) is 49.4 Å². The van der Waals surface area contributed by atoms with Crippen molar-refractivity contribution in [3.8, 4) is 28.3 Å². The van der Waals surface area contributed by atoms with Crippen LogP contribution in [0.25, 0.3) is 33.5 Å². The van der Waals surface area contributed by atoms with E-state index in [0.717, 1.165) is 57.8 Å². The maximum Gasteiger partial charge on any atom is 0.511 e. The Kier molecular flexibility index (Phi) is 5.96. The highest BCUT2D eigenvalue weighted by Gasteiger charge is 2.26. The SMILES string of the molecule is CCCc1nc2ccc(-c3nccn3C3CC3)cc2n1Cc1ccc(-c2ccccc2OC(=O)O)cc1. The molecule has 1 aliphatic carbocycles. The van der Waals surface area contributed by atoms with Crippen molar-refractivity contribution in [2.45, 2.75) is 45.2 Å². The first-order valence-electron chi connectivity index (χ1n) is 12.7. The zero-order valence-electron chi connectivity index (χ0n) is 20.7. The number of ether oxygens (including phenoxy) is 1. The van der Waals surface area contributed by atoms with Crippen molar-refractivity contribution in [2.75, 3.05) is 0 Å². The van der Waals surface area contributed by atoms with Gasteiger partial charge in [0.2, 0.25) is 0 Å². The number of rotatable bonds is 8. The van der Waals surface area contributed by atoms with Crippen LogP contribution < -0.4 is 4.74 Å². The van der Waals surface area contributed by atoms with E-state index in [-0.39, 0.29) is 0 Å². The molecule has 1 N–H and O–H groups in total.